The van der Waals surface area contributed by atoms with Crippen LogP contribution >= 0.6 is 15.9 Å². The molecule has 1 atom stereocenters. The Morgan fingerprint density at radius 2 is 2.47 bits per heavy atom. The van der Waals surface area contributed by atoms with Gasteiger partial charge in [0.1, 0.15) is 5.69 Å². The topological polar surface area (TPSA) is 46.9 Å². The summed E-state index contributed by atoms with van der Waals surface area (Å²) in [5, 5.41) is 6.86. The number of halogens is 1. The van der Waals surface area contributed by atoms with Crippen molar-refractivity contribution < 1.29 is 4.79 Å². The van der Waals surface area contributed by atoms with Crippen molar-refractivity contribution in [3.63, 3.8) is 0 Å². The van der Waals surface area contributed by atoms with Gasteiger partial charge in [-0.25, -0.2) is 0 Å². The number of alkyl halides is 1. The van der Waals surface area contributed by atoms with Gasteiger partial charge in [0.15, 0.2) is 0 Å². The lowest BCUT2D eigenvalue weighted by Gasteiger charge is -2.08. The summed E-state index contributed by atoms with van der Waals surface area (Å²) in [6.07, 6.45) is 3.92. The Morgan fingerprint density at radius 1 is 1.73 bits per heavy atom. The van der Waals surface area contributed by atoms with E-state index in [0.717, 1.165) is 12.8 Å². The molecule has 0 spiro atoms. The zero-order chi connectivity index (χ0) is 11.3. The predicted octanol–water partition coefficient (Wildman–Crippen LogP) is 1.71. The summed E-state index contributed by atoms with van der Waals surface area (Å²) in [6.45, 7) is 2.76. The molecule has 0 bridgehead atoms. The van der Waals surface area contributed by atoms with Gasteiger partial charge < -0.3 is 5.32 Å². The van der Waals surface area contributed by atoms with E-state index in [0.29, 0.717) is 17.1 Å². The molecule has 1 aromatic rings. The lowest BCUT2D eigenvalue weighted by Crippen LogP contribution is -2.29. The largest absolute Gasteiger partial charge is 0.350 e. The van der Waals surface area contributed by atoms with Gasteiger partial charge in [0.05, 0.1) is 0 Å². The molecule has 0 aromatic carbocycles. The van der Waals surface area contributed by atoms with Crippen molar-refractivity contribution in [3.05, 3.63) is 18.0 Å². The minimum Gasteiger partial charge on any atom is -0.350 e. The van der Waals surface area contributed by atoms with Crippen molar-refractivity contribution in [2.75, 3.05) is 6.54 Å². The molecular formula is C10H16BrN3O. The van der Waals surface area contributed by atoms with E-state index in [1.807, 2.05) is 0 Å². The minimum atomic E-state index is -0.115. The van der Waals surface area contributed by atoms with E-state index in [1.165, 1.54) is 0 Å². The normalized spacial score (nSPS) is 12.5. The number of nitrogens with zero attached hydrogens (tertiary/aromatic N) is 2. The SMILES string of the molecule is CCCC(Br)CNC(=O)c1ccn(C)n1. The Labute approximate surface area is 98.2 Å². The average Bonchev–Trinajstić information content (AvgIpc) is 2.62. The Balaban J connectivity index is 2.36. The van der Waals surface area contributed by atoms with Gasteiger partial charge in [-0.1, -0.05) is 29.3 Å². The van der Waals surface area contributed by atoms with Crippen LogP contribution < -0.4 is 5.32 Å². The van der Waals surface area contributed by atoms with Gasteiger partial charge in [-0.3, -0.25) is 9.48 Å². The van der Waals surface area contributed by atoms with E-state index in [1.54, 1.807) is 24.0 Å². The number of aromatic nitrogens is 2. The number of aryl methyl sites for hydroxylation is 1. The fraction of sp³-hybridized carbons (Fsp3) is 0.600. The molecule has 84 valence electrons. The summed E-state index contributed by atoms with van der Waals surface area (Å²) >= 11 is 3.50. The predicted molar refractivity (Wildman–Crippen MR) is 63.2 cm³/mol. The molecule has 5 heteroatoms. The van der Waals surface area contributed by atoms with Crippen LogP contribution in [0.5, 0.6) is 0 Å². The standard InChI is InChI=1S/C10H16BrN3O/c1-3-4-8(11)7-12-10(15)9-5-6-14(2)13-9/h5-6,8H,3-4,7H2,1-2H3,(H,12,15). The lowest BCUT2D eigenvalue weighted by molar-refractivity contribution is 0.0948. The number of amides is 1. The van der Waals surface area contributed by atoms with Crippen LogP contribution in [0.3, 0.4) is 0 Å². The molecule has 0 fully saturated rings. The van der Waals surface area contributed by atoms with E-state index in [-0.39, 0.29) is 5.91 Å². The summed E-state index contributed by atoms with van der Waals surface area (Å²) in [7, 11) is 1.79. The van der Waals surface area contributed by atoms with Crippen LogP contribution in [0.1, 0.15) is 30.3 Å². The minimum absolute atomic E-state index is 0.115. The third-order valence-electron chi connectivity index (χ3n) is 2.03. The quantitative estimate of drug-likeness (QED) is 0.831. The number of hydrogen-bond donors (Lipinski definition) is 1. The van der Waals surface area contributed by atoms with E-state index < -0.39 is 0 Å². The summed E-state index contributed by atoms with van der Waals surface area (Å²) in [5.41, 5.74) is 0.466. The maximum Gasteiger partial charge on any atom is 0.271 e. The first-order chi connectivity index (χ1) is 7.13. The highest BCUT2D eigenvalue weighted by molar-refractivity contribution is 9.09. The molecule has 0 aliphatic carbocycles. The smallest absolute Gasteiger partial charge is 0.271 e. The van der Waals surface area contributed by atoms with Gasteiger partial charge in [-0.2, -0.15) is 5.10 Å². The maximum atomic E-state index is 11.6. The van der Waals surface area contributed by atoms with Crippen LogP contribution in [0.25, 0.3) is 0 Å². The molecule has 0 aliphatic heterocycles. The van der Waals surface area contributed by atoms with Gasteiger partial charge in [0.2, 0.25) is 0 Å². The van der Waals surface area contributed by atoms with Gasteiger partial charge in [-0.15, -0.1) is 0 Å². The van der Waals surface area contributed by atoms with Crippen LogP contribution in [0.4, 0.5) is 0 Å². The molecule has 1 amide bonds. The van der Waals surface area contributed by atoms with Crippen molar-refractivity contribution in [2.24, 2.45) is 7.05 Å². The summed E-state index contributed by atoms with van der Waals surface area (Å²) in [5.74, 6) is -0.115. The zero-order valence-electron chi connectivity index (χ0n) is 9.03. The molecule has 1 N–H and O–H groups in total. The molecule has 15 heavy (non-hydrogen) atoms. The summed E-state index contributed by atoms with van der Waals surface area (Å²) < 4.78 is 1.62. The van der Waals surface area contributed by atoms with Crippen molar-refractivity contribution in [1.29, 1.82) is 0 Å². The molecular weight excluding hydrogens is 258 g/mol. The Hall–Kier alpha value is -0.840. The van der Waals surface area contributed by atoms with E-state index in [4.69, 9.17) is 0 Å². The molecule has 1 aromatic heterocycles. The second-order valence-corrected chi connectivity index (χ2v) is 4.77. The first-order valence-corrected chi connectivity index (χ1v) is 5.97. The Kier molecular flexibility index (Phi) is 4.81. The highest BCUT2D eigenvalue weighted by Crippen LogP contribution is 2.06. The number of nitrogens with one attached hydrogen (secondary N) is 1. The molecule has 4 nitrogen and oxygen atoms in total. The first-order valence-electron chi connectivity index (χ1n) is 5.05. The van der Waals surface area contributed by atoms with Crippen molar-refractivity contribution >= 4 is 21.8 Å². The zero-order valence-corrected chi connectivity index (χ0v) is 10.6. The number of hydrogen-bond acceptors (Lipinski definition) is 2. The molecule has 0 radical (unpaired) electrons. The molecule has 1 heterocycles. The Morgan fingerprint density at radius 3 is 3.00 bits per heavy atom. The lowest BCUT2D eigenvalue weighted by atomic mass is 10.2. The molecule has 0 saturated carbocycles. The summed E-state index contributed by atoms with van der Waals surface area (Å²) in [6, 6.07) is 1.71. The van der Waals surface area contributed by atoms with Gasteiger partial charge in [0.25, 0.3) is 5.91 Å². The van der Waals surface area contributed by atoms with Gasteiger partial charge in [-0.05, 0) is 12.5 Å². The highest BCUT2D eigenvalue weighted by Gasteiger charge is 2.10. The third-order valence-corrected chi connectivity index (χ3v) is 2.81. The Bertz CT molecular complexity index is 324. The molecule has 0 saturated heterocycles. The number of carbonyl (C=O) groups excluding carboxylic acids is 1. The fourth-order valence-electron chi connectivity index (χ4n) is 1.25. The highest BCUT2D eigenvalue weighted by atomic mass is 79.9. The second kappa shape index (κ2) is 5.90. The van der Waals surface area contributed by atoms with Gasteiger partial charge >= 0.3 is 0 Å². The van der Waals surface area contributed by atoms with E-state index >= 15 is 0 Å². The maximum absolute atomic E-state index is 11.6. The number of rotatable bonds is 5. The fourth-order valence-corrected chi connectivity index (χ4v) is 1.87. The number of carbonyl (C=O) groups is 1. The molecule has 1 unspecified atom stereocenters. The monoisotopic (exact) mass is 273 g/mol. The van der Waals surface area contributed by atoms with Gasteiger partial charge in [0, 0.05) is 24.6 Å². The van der Waals surface area contributed by atoms with E-state index in [9.17, 15) is 4.79 Å². The average molecular weight is 274 g/mol. The van der Waals surface area contributed by atoms with Crippen LogP contribution in [0.2, 0.25) is 0 Å². The first kappa shape index (κ1) is 12.2. The molecule has 1 rings (SSSR count). The third kappa shape index (κ3) is 4.03. The van der Waals surface area contributed by atoms with Crippen LogP contribution in [0.15, 0.2) is 12.3 Å². The van der Waals surface area contributed by atoms with Crippen LogP contribution in [-0.2, 0) is 7.05 Å². The van der Waals surface area contributed by atoms with Crippen LogP contribution in [-0.4, -0.2) is 27.1 Å². The van der Waals surface area contributed by atoms with Crippen molar-refractivity contribution in [1.82, 2.24) is 15.1 Å². The molecule has 0 aliphatic rings. The van der Waals surface area contributed by atoms with Crippen molar-refractivity contribution in [2.45, 2.75) is 24.6 Å². The van der Waals surface area contributed by atoms with Crippen molar-refractivity contribution in [3.8, 4) is 0 Å². The van der Waals surface area contributed by atoms with Crippen LogP contribution in [0, 0.1) is 0 Å². The summed E-state index contributed by atoms with van der Waals surface area (Å²) in [4.78, 5) is 11.9. The van der Waals surface area contributed by atoms with E-state index in [2.05, 4.69) is 33.3 Å². The second-order valence-electron chi connectivity index (χ2n) is 3.47.